The Balaban J connectivity index is 1.69. The van der Waals surface area contributed by atoms with Crippen LogP contribution in [0.15, 0.2) is 0 Å². The van der Waals surface area contributed by atoms with Crippen LogP contribution in [0.3, 0.4) is 0 Å². The van der Waals surface area contributed by atoms with Crippen molar-refractivity contribution in [3.05, 3.63) is 0 Å². The van der Waals surface area contributed by atoms with E-state index in [4.69, 9.17) is 16.2 Å². The largest absolute Gasteiger partial charge is 0.387 e. The monoisotopic (exact) mass is 373 g/mol. The summed E-state index contributed by atoms with van der Waals surface area (Å²) in [6.45, 7) is 7.19. The van der Waals surface area contributed by atoms with E-state index in [1.54, 1.807) is 0 Å². The summed E-state index contributed by atoms with van der Waals surface area (Å²) in [6, 6.07) is 0.321. The molecule has 10 nitrogen and oxygen atoms in total. The first-order valence-electron chi connectivity index (χ1n) is 9.49. The van der Waals surface area contributed by atoms with Crippen LogP contribution < -0.4 is 22.1 Å². The predicted molar refractivity (Wildman–Crippen MR) is 97.6 cm³/mol. The van der Waals surface area contributed by atoms with Crippen LogP contribution in [0.2, 0.25) is 0 Å². The highest BCUT2D eigenvalue weighted by Crippen LogP contribution is 2.30. The molecule has 152 valence electrons. The SMILES string of the molecule is CC(C)N(CCN)C[C@H]1O[C@@H](N2CNC3C(N)NCN(C)C32)[C@H](O)[C@@H]1O. The van der Waals surface area contributed by atoms with E-state index in [0.717, 1.165) is 6.54 Å². The molecule has 8 N–H and O–H groups in total. The molecule has 3 rings (SSSR count). The van der Waals surface area contributed by atoms with Gasteiger partial charge in [0.25, 0.3) is 0 Å². The quantitative estimate of drug-likeness (QED) is 0.278. The van der Waals surface area contributed by atoms with Gasteiger partial charge in [-0.3, -0.25) is 20.4 Å². The maximum atomic E-state index is 10.7. The lowest BCUT2D eigenvalue weighted by atomic mass is 10.1. The molecule has 3 unspecified atom stereocenters. The Bertz CT molecular complexity index is 471. The van der Waals surface area contributed by atoms with Crippen molar-refractivity contribution in [2.75, 3.05) is 40.0 Å². The minimum atomic E-state index is -0.966. The zero-order chi connectivity index (χ0) is 19.0. The lowest BCUT2D eigenvalue weighted by Gasteiger charge is -2.43. The molecule has 26 heavy (non-hydrogen) atoms. The van der Waals surface area contributed by atoms with Gasteiger partial charge in [0.05, 0.1) is 31.7 Å². The minimum absolute atomic E-state index is 0.00194. The van der Waals surface area contributed by atoms with Crippen molar-refractivity contribution in [2.24, 2.45) is 11.5 Å². The van der Waals surface area contributed by atoms with Crippen molar-refractivity contribution in [1.29, 1.82) is 0 Å². The van der Waals surface area contributed by atoms with Gasteiger partial charge < -0.3 is 26.4 Å². The highest BCUT2D eigenvalue weighted by Gasteiger charge is 2.52. The Morgan fingerprint density at radius 2 is 1.96 bits per heavy atom. The molecule has 0 saturated carbocycles. The Morgan fingerprint density at radius 1 is 1.23 bits per heavy atom. The number of hydrogen-bond acceptors (Lipinski definition) is 10. The molecule has 3 aliphatic rings. The normalized spacial score (nSPS) is 42.1. The highest BCUT2D eigenvalue weighted by atomic mass is 16.6. The molecular weight excluding hydrogens is 338 g/mol. The molecule has 3 fully saturated rings. The van der Waals surface area contributed by atoms with Crippen LogP contribution in [0.5, 0.6) is 0 Å². The third kappa shape index (κ3) is 3.76. The van der Waals surface area contributed by atoms with Crippen LogP contribution >= 0.6 is 0 Å². The topological polar surface area (TPSA) is 136 Å². The van der Waals surface area contributed by atoms with E-state index in [9.17, 15) is 10.2 Å². The molecule has 0 spiro atoms. The van der Waals surface area contributed by atoms with Gasteiger partial charge in [-0.1, -0.05) is 0 Å². The zero-order valence-corrected chi connectivity index (χ0v) is 16.0. The minimum Gasteiger partial charge on any atom is -0.387 e. The van der Waals surface area contributed by atoms with Gasteiger partial charge in [-0.15, -0.1) is 0 Å². The third-order valence-electron chi connectivity index (χ3n) is 5.81. The maximum absolute atomic E-state index is 10.7. The molecule has 0 aromatic rings. The van der Waals surface area contributed by atoms with E-state index in [0.29, 0.717) is 26.4 Å². The summed E-state index contributed by atoms with van der Waals surface area (Å²) in [5, 5.41) is 27.9. The second-order valence-electron chi connectivity index (χ2n) is 7.88. The van der Waals surface area contributed by atoms with Gasteiger partial charge in [0.15, 0.2) is 0 Å². The lowest BCUT2D eigenvalue weighted by Crippen LogP contribution is -2.68. The van der Waals surface area contributed by atoms with Crippen LogP contribution in [0.25, 0.3) is 0 Å². The van der Waals surface area contributed by atoms with Gasteiger partial charge in [-0.05, 0) is 20.9 Å². The predicted octanol–water partition coefficient (Wildman–Crippen LogP) is -3.56. The summed E-state index contributed by atoms with van der Waals surface area (Å²) in [4.78, 5) is 6.36. The number of nitrogens with one attached hydrogen (secondary N) is 2. The highest BCUT2D eigenvalue weighted by molar-refractivity contribution is 5.02. The molecule has 3 heterocycles. The molecule has 0 aliphatic carbocycles. The van der Waals surface area contributed by atoms with E-state index in [1.165, 1.54) is 0 Å². The molecule has 0 amide bonds. The number of nitrogens with two attached hydrogens (primary N) is 2. The molecule has 7 atom stereocenters. The number of fused-ring (bicyclic) bond motifs is 1. The second-order valence-corrected chi connectivity index (χ2v) is 7.88. The number of ether oxygens (including phenoxy) is 1. The summed E-state index contributed by atoms with van der Waals surface area (Å²) in [5.74, 6) is 0. The van der Waals surface area contributed by atoms with E-state index >= 15 is 0 Å². The van der Waals surface area contributed by atoms with Gasteiger partial charge in [0, 0.05) is 25.7 Å². The fraction of sp³-hybridized carbons (Fsp3) is 1.00. The average Bonchev–Trinajstić information content (AvgIpc) is 3.15. The smallest absolute Gasteiger partial charge is 0.142 e. The Kier molecular flexibility index (Phi) is 6.50. The summed E-state index contributed by atoms with van der Waals surface area (Å²) < 4.78 is 6.14. The Morgan fingerprint density at radius 3 is 2.62 bits per heavy atom. The third-order valence-corrected chi connectivity index (χ3v) is 5.81. The Labute approximate surface area is 155 Å². The van der Waals surface area contributed by atoms with E-state index in [2.05, 4.69) is 39.2 Å². The van der Waals surface area contributed by atoms with Crippen molar-refractivity contribution >= 4 is 0 Å². The van der Waals surface area contributed by atoms with Gasteiger partial charge in [0.2, 0.25) is 0 Å². The van der Waals surface area contributed by atoms with Gasteiger partial charge in [0.1, 0.15) is 24.5 Å². The molecule has 0 aromatic carbocycles. The molecular formula is C16H35N7O3. The van der Waals surface area contributed by atoms with Crippen LogP contribution in [0.1, 0.15) is 13.8 Å². The number of hydrogen-bond donors (Lipinski definition) is 6. The first kappa shape index (κ1) is 20.3. The van der Waals surface area contributed by atoms with E-state index < -0.39 is 24.5 Å². The van der Waals surface area contributed by atoms with Crippen molar-refractivity contribution in [1.82, 2.24) is 25.3 Å². The molecule has 3 saturated heterocycles. The lowest BCUT2D eigenvalue weighted by molar-refractivity contribution is -0.127. The van der Waals surface area contributed by atoms with Crippen LogP contribution in [0, 0.1) is 0 Å². The average molecular weight is 374 g/mol. The molecule has 0 bridgehead atoms. The Hall–Kier alpha value is -0.400. The molecule has 3 aliphatic heterocycles. The number of nitrogens with zero attached hydrogens (tertiary/aromatic N) is 3. The summed E-state index contributed by atoms with van der Waals surface area (Å²) in [6.07, 6.45) is -3.09. The molecule has 10 heteroatoms. The van der Waals surface area contributed by atoms with Crippen LogP contribution in [0.4, 0.5) is 0 Å². The number of aliphatic hydroxyl groups is 2. The van der Waals surface area contributed by atoms with Crippen molar-refractivity contribution in [3.8, 4) is 0 Å². The van der Waals surface area contributed by atoms with E-state index in [-0.39, 0.29) is 24.4 Å². The standard InChI is InChI=1S/C16H35N7O3/c1-9(2)22(5-4-17)6-10-12(24)13(25)16(26-10)23-8-19-11-14(18)20-7-21(3)15(11)23/h9-16,19-20,24-25H,4-8,17-18H2,1-3H3/t10-,11?,12-,13-,14?,15?,16-/m1/s1. The number of rotatable bonds is 6. The fourth-order valence-electron chi connectivity index (χ4n) is 4.28. The fourth-order valence-corrected chi connectivity index (χ4v) is 4.28. The van der Waals surface area contributed by atoms with Gasteiger partial charge in [-0.2, -0.15) is 0 Å². The number of aliphatic hydroxyl groups excluding tert-OH is 2. The second kappa shape index (κ2) is 8.31. The van der Waals surface area contributed by atoms with Crippen molar-refractivity contribution in [3.63, 3.8) is 0 Å². The molecule has 0 aromatic heterocycles. The maximum Gasteiger partial charge on any atom is 0.142 e. The van der Waals surface area contributed by atoms with Crippen molar-refractivity contribution < 1.29 is 14.9 Å². The zero-order valence-electron chi connectivity index (χ0n) is 16.0. The van der Waals surface area contributed by atoms with Crippen molar-refractivity contribution in [2.45, 2.75) is 62.8 Å². The first-order chi connectivity index (χ1) is 12.3. The van der Waals surface area contributed by atoms with Crippen LogP contribution in [-0.2, 0) is 4.74 Å². The summed E-state index contributed by atoms with van der Waals surface area (Å²) >= 11 is 0. The van der Waals surface area contributed by atoms with Gasteiger partial charge >= 0.3 is 0 Å². The summed E-state index contributed by atoms with van der Waals surface area (Å²) in [5.41, 5.74) is 11.9. The molecule has 0 radical (unpaired) electrons. The first-order valence-corrected chi connectivity index (χ1v) is 9.49. The van der Waals surface area contributed by atoms with Gasteiger partial charge in [-0.25, -0.2) is 4.90 Å². The summed E-state index contributed by atoms with van der Waals surface area (Å²) in [7, 11) is 2.01. The van der Waals surface area contributed by atoms with E-state index in [1.807, 2.05) is 7.05 Å². The number of likely N-dealkylation sites (N-methyl/N-ethyl adjacent to an activating group) is 1. The van der Waals surface area contributed by atoms with Crippen LogP contribution in [-0.4, -0.2) is 114 Å².